The Morgan fingerprint density at radius 3 is 2.76 bits per heavy atom. The van der Waals surface area contributed by atoms with Crippen molar-refractivity contribution in [2.24, 2.45) is 0 Å². The van der Waals surface area contributed by atoms with E-state index < -0.39 is 0 Å². The lowest BCUT2D eigenvalue weighted by Crippen LogP contribution is -2.26. The number of phenolic OH excluding ortho intramolecular Hbond substituents is 1. The molecule has 0 radical (unpaired) electrons. The number of ether oxygens (including phenoxy) is 1. The zero-order chi connectivity index (χ0) is 23.5. The molecule has 2 aromatic carbocycles. The molecule has 170 valence electrons. The Bertz CT molecular complexity index is 1460. The first-order chi connectivity index (χ1) is 16.6. The number of methoxy groups -OCH3 is 1. The third kappa shape index (κ3) is 4.21. The van der Waals surface area contributed by atoms with Gasteiger partial charge in [0, 0.05) is 42.8 Å². The van der Waals surface area contributed by atoms with Crippen LogP contribution in [0.2, 0.25) is 0 Å². The van der Waals surface area contributed by atoms with Gasteiger partial charge in [0.05, 0.1) is 23.7 Å². The second-order valence-corrected chi connectivity index (χ2v) is 7.79. The lowest BCUT2D eigenvalue weighted by Gasteiger charge is -2.09. The maximum absolute atomic E-state index is 12.6. The van der Waals surface area contributed by atoms with E-state index in [9.17, 15) is 9.90 Å². The number of hydrogen-bond acceptors (Lipinski definition) is 5. The molecule has 5 rings (SSSR count). The number of aromatic hydroxyl groups is 1. The smallest absolute Gasteiger partial charge is 0.251 e. The number of pyridine rings is 1. The van der Waals surface area contributed by atoms with Crippen LogP contribution < -0.4 is 10.1 Å². The van der Waals surface area contributed by atoms with Gasteiger partial charge in [-0.05, 0) is 60.2 Å². The Morgan fingerprint density at radius 2 is 1.94 bits per heavy atom. The highest BCUT2D eigenvalue weighted by atomic mass is 16.5. The fourth-order valence-corrected chi connectivity index (χ4v) is 3.86. The number of fused-ring (bicyclic) bond motifs is 1. The first-order valence-electron chi connectivity index (χ1n) is 10.8. The summed E-state index contributed by atoms with van der Waals surface area (Å²) in [5, 5.41) is 13.5. The molecule has 0 saturated carbocycles. The van der Waals surface area contributed by atoms with Gasteiger partial charge in [0.1, 0.15) is 11.6 Å². The molecule has 3 N–H and O–H groups in total. The summed E-state index contributed by atoms with van der Waals surface area (Å²) in [6, 6.07) is 18.2. The van der Waals surface area contributed by atoms with Gasteiger partial charge < -0.3 is 24.7 Å². The van der Waals surface area contributed by atoms with Gasteiger partial charge in [-0.25, -0.2) is 9.97 Å². The molecule has 0 aliphatic carbocycles. The van der Waals surface area contributed by atoms with Gasteiger partial charge >= 0.3 is 0 Å². The molecule has 3 aromatic heterocycles. The van der Waals surface area contributed by atoms with E-state index in [0.29, 0.717) is 47.0 Å². The molecular formula is C26H23N5O3. The molecule has 5 aromatic rings. The lowest BCUT2D eigenvalue weighted by molar-refractivity contribution is 0.0952. The van der Waals surface area contributed by atoms with Crippen molar-refractivity contribution >= 4 is 16.9 Å². The summed E-state index contributed by atoms with van der Waals surface area (Å²) in [5.74, 6) is 0.936. The fourth-order valence-electron chi connectivity index (χ4n) is 3.86. The number of carbonyl (C=O) groups excluding carboxylic acids is 1. The van der Waals surface area contributed by atoms with E-state index in [-0.39, 0.29) is 11.7 Å². The van der Waals surface area contributed by atoms with Crippen LogP contribution in [-0.2, 0) is 6.54 Å². The molecule has 0 aliphatic rings. The third-order valence-corrected chi connectivity index (χ3v) is 5.59. The summed E-state index contributed by atoms with van der Waals surface area (Å²) < 4.78 is 7.38. The van der Waals surface area contributed by atoms with E-state index >= 15 is 0 Å². The van der Waals surface area contributed by atoms with Crippen molar-refractivity contribution < 1.29 is 14.6 Å². The van der Waals surface area contributed by atoms with Crippen LogP contribution in [0.3, 0.4) is 0 Å². The number of hydrogen-bond donors (Lipinski definition) is 3. The van der Waals surface area contributed by atoms with Crippen molar-refractivity contribution in [1.29, 1.82) is 0 Å². The first kappa shape index (κ1) is 21.3. The highest BCUT2D eigenvalue weighted by Crippen LogP contribution is 2.35. The van der Waals surface area contributed by atoms with Crippen LogP contribution in [-0.4, -0.2) is 44.2 Å². The molecule has 0 bridgehead atoms. The minimum Gasteiger partial charge on any atom is -0.507 e. The van der Waals surface area contributed by atoms with Crippen molar-refractivity contribution in [3.63, 3.8) is 0 Å². The van der Waals surface area contributed by atoms with E-state index in [0.717, 1.165) is 11.1 Å². The molecule has 1 amide bonds. The van der Waals surface area contributed by atoms with Gasteiger partial charge in [-0.15, -0.1) is 0 Å². The lowest BCUT2D eigenvalue weighted by atomic mass is 10.0. The zero-order valence-corrected chi connectivity index (χ0v) is 18.5. The maximum Gasteiger partial charge on any atom is 0.251 e. The molecule has 0 aliphatic heterocycles. The summed E-state index contributed by atoms with van der Waals surface area (Å²) in [6.07, 6.45) is 5.58. The second-order valence-electron chi connectivity index (χ2n) is 7.79. The standard InChI is InChI=1S/C26H23N5O3/c1-34-26-19(5-4-10-28-26)17-7-9-23(32)20(15-17)24-29-21-8-6-18(16-22(21)30-24)25(33)27-11-14-31-12-2-3-13-31/h2-10,12-13,15-16,32H,11,14H2,1H3,(H,27,33)(H,29,30). The number of nitrogens with zero attached hydrogens (tertiary/aromatic N) is 3. The van der Waals surface area contributed by atoms with Crippen LogP contribution in [0.15, 0.2) is 79.3 Å². The molecule has 0 spiro atoms. The number of nitrogens with one attached hydrogen (secondary N) is 2. The first-order valence-corrected chi connectivity index (χ1v) is 10.8. The number of benzene rings is 2. The van der Waals surface area contributed by atoms with Gasteiger partial charge in [-0.2, -0.15) is 0 Å². The molecule has 0 unspecified atom stereocenters. The van der Waals surface area contributed by atoms with Gasteiger partial charge in [0.15, 0.2) is 0 Å². The molecule has 34 heavy (non-hydrogen) atoms. The number of phenols is 1. The van der Waals surface area contributed by atoms with Crippen molar-refractivity contribution in [1.82, 2.24) is 24.8 Å². The van der Waals surface area contributed by atoms with E-state index in [1.165, 1.54) is 0 Å². The van der Waals surface area contributed by atoms with Crippen molar-refractivity contribution in [3.05, 3.63) is 84.8 Å². The predicted molar refractivity (Wildman–Crippen MR) is 130 cm³/mol. The second kappa shape index (κ2) is 9.11. The van der Waals surface area contributed by atoms with Gasteiger partial charge in [0.2, 0.25) is 5.88 Å². The monoisotopic (exact) mass is 453 g/mol. The molecule has 8 heteroatoms. The number of imidazole rings is 1. The summed E-state index contributed by atoms with van der Waals surface area (Å²) in [6.45, 7) is 1.23. The van der Waals surface area contributed by atoms with E-state index in [1.807, 2.05) is 47.3 Å². The Balaban J connectivity index is 1.41. The number of rotatable bonds is 7. The van der Waals surface area contributed by atoms with Crippen molar-refractivity contribution in [3.8, 4) is 34.1 Å². The van der Waals surface area contributed by atoms with Crippen LogP contribution in [0.4, 0.5) is 0 Å². The predicted octanol–water partition coefficient (Wildman–Crippen LogP) is 4.24. The topological polar surface area (TPSA) is 105 Å². The quantitative estimate of drug-likeness (QED) is 0.342. The van der Waals surface area contributed by atoms with Gasteiger partial charge in [-0.3, -0.25) is 4.79 Å². The summed E-state index contributed by atoms with van der Waals surface area (Å²) in [7, 11) is 1.57. The van der Waals surface area contributed by atoms with Crippen molar-refractivity contribution in [2.45, 2.75) is 6.54 Å². The van der Waals surface area contributed by atoms with Crippen LogP contribution in [0.25, 0.3) is 33.5 Å². The van der Waals surface area contributed by atoms with Gasteiger partial charge in [0.25, 0.3) is 5.91 Å². The fraction of sp³-hybridized carbons (Fsp3) is 0.115. The molecular weight excluding hydrogens is 430 g/mol. The molecule has 8 nitrogen and oxygen atoms in total. The largest absolute Gasteiger partial charge is 0.507 e. The molecule has 0 saturated heterocycles. The SMILES string of the molecule is COc1ncccc1-c1ccc(O)c(-c2nc3ccc(C(=O)NCCn4cccc4)cc3[nH]2)c1. The van der Waals surface area contributed by atoms with Crippen molar-refractivity contribution in [2.75, 3.05) is 13.7 Å². The van der Waals surface area contributed by atoms with E-state index in [1.54, 1.807) is 43.6 Å². The highest BCUT2D eigenvalue weighted by molar-refractivity contribution is 5.97. The molecule has 0 fully saturated rings. The summed E-state index contributed by atoms with van der Waals surface area (Å²) in [4.78, 5) is 24.7. The minimum absolute atomic E-state index is 0.0913. The van der Waals surface area contributed by atoms with Crippen LogP contribution in [0, 0.1) is 0 Å². The minimum atomic E-state index is -0.154. The van der Waals surface area contributed by atoms with Crippen LogP contribution >= 0.6 is 0 Å². The van der Waals surface area contributed by atoms with Crippen LogP contribution in [0.1, 0.15) is 10.4 Å². The normalized spacial score (nSPS) is 11.0. The third-order valence-electron chi connectivity index (χ3n) is 5.59. The van der Waals surface area contributed by atoms with E-state index in [2.05, 4.69) is 20.3 Å². The Kier molecular flexibility index (Phi) is 5.70. The van der Waals surface area contributed by atoms with Crippen LogP contribution in [0.5, 0.6) is 11.6 Å². The Hall–Kier alpha value is -4.59. The highest BCUT2D eigenvalue weighted by Gasteiger charge is 2.15. The average molecular weight is 454 g/mol. The maximum atomic E-state index is 12.6. The zero-order valence-electron chi connectivity index (χ0n) is 18.5. The average Bonchev–Trinajstić information content (AvgIpc) is 3.53. The molecule has 3 heterocycles. The Morgan fingerprint density at radius 1 is 1.09 bits per heavy atom. The number of carbonyl (C=O) groups is 1. The summed E-state index contributed by atoms with van der Waals surface area (Å²) >= 11 is 0. The van der Waals surface area contributed by atoms with E-state index in [4.69, 9.17) is 4.74 Å². The number of aromatic amines is 1. The number of amides is 1. The molecule has 0 atom stereocenters. The Labute approximate surface area is 195 Å². The summed E-state index contributed by atoms with van der Waals surface area (Å²) in [5.41, 5.74) is 4.12. The van der Waals surface area contributed by atoms with Gasteiger partial charge in [-0.1, -0.05) is 6.07 Å². The number of aromatic nitrogens is 4. The number of H-pyrrole nitrogens is 1.